The normalized spacial score (nSPS) is 16.2. The van der Waals surface area contributed by atoms with Crippen molar-refractivity contribution < 1.29 is 9.50 Å². The zero-order valence-electron chi connectivity index (χ0n) is 14.7. The molecule has 4 heteroatoms. The van der Waals surface area contributed by atoms with Crippen molar-refractivity contribution in [3.8, 4) is 5.75 Å². The zero-order valence-corrected chi connectivity index (χ0v) is 14.7. The number of rotatable bonds is 4. The van der Waals surface area contributed by atoms with Crippen LogP contribution in [-0.2, 0) is 13.1 Å². The van der Waals surface area contributed by atoms with Gasteiger partial charge in [-0.15, -0.1) is 0 Å². The van der Waals surface area contributed by atoms with Gasteiger partial charge in [0.05, 0.1) is 0 Å². The Hall–Kier alpha value is -2.43. The van der Waals surface area contributed by atoms with Gasteiger partial charge in [-0.25, -0.2) is 4.39 Å². The molecule has 0 amide bonds. The van der Waals surface area contributed by atoms with Gasteiger partial charge in [-0.05, 0) is 22.9 Å². The monoisotopic (exact) mass is 350 g/mol. The van der Waals surface area contributed by atoms with E-state index in [-0.39, 0.29) is 5.82 Å². The van der Waals surface area contributed by atoms with E-state index in [1.807, 2.05) is 30.3 Å². The molecule has 0 aromatic heterocycles. The molecule has 0 saturated carbocycles. The highest BCUT2D eigenvalue weighted by Crippen LogP contribution is 2.28. The Bertz CT molecular complexity index is 904. The summed E-state index contributed by atoms with van der Waals surface area (Å²) in [7, 11) is 0. The van der Waals surface area contributed by atoms with Crippen molar-refractivity contribution in [1.82, 2.24) is 9.80 Å². The van der Waals surface area contributed by atoms with E-state index in [2.05, 4.69) is 21.9 Å². The molecule has 1 N–H and O–H groups in total. The lowest BCUT2D eigenvalue weighted by Crippen LogP contribution is -2.45. The number of piperazine rings is 1. The molecule has 3 aromatic carbocycles. The van der Waals surface area contributed by atoms with E-state index in [0.717, 1.165) is 54.6 Å². The van der Waals surface area contributed by atoms with Crippen molar-refractivity contribution in [2.75, 3.05) is 26.2 Å². The highest BCUT2D eigenvalue weighted by Gasteiger charge is 2.19. The van der Waals surface area contributed by atoms with Crippen LogP contribution in [0.3, 0.4) is 0 Å². The summed E-state index contributed by atoms with van der Waals surface area (Å²) in [5.74, 6) is 0.230. The van der Waals surface area contributed by atoms with Gasteiger partial charge < -0.3 is 5.11 Å². The SMILES string of the molecule is Oc1ccc2ccccc2c1CN1CCN(Cc2ccccc2F)CC1. The number of fused-ring (bicyclic) bond motifs is 1. The van der Waals surface area contributed by atoms with Gasteiger partial charge in [0, 0.05) is 50.4 Å². The van der Waals surface area contributed by atoms with Crippen LogP contribution in [0.25, 0.3) is 10.8 Å². The Morgan fingerprint density at radius 1 is 0.769 bits per heavy atom. The van der Waals surface area contributed by atoms with Crippen LogP contribution in [0.5, 0.6) is 5.75 Å². The van der Waals surface area contributed by atoms with Gasteiger partial charge in [0.2, 0.25) is 0 Å². The second kappa shape index (κ2) is 7.44. The Kier molecular flexibility index (Phi) is 4.87. The summed E-state index contributed by atoms with van der Waals surface area (Å²) in [4.78, 5) is 4.65. The molecule has 0 aliphatic carbocycles. The van der Waals surface area contributed by atoms with E-state index in [9.17, 15) is 9.50 Å². The van der Waals surface area contributed by atoms with Crippen molar-refractivity contribution in [2.45, 2.75) is 13.1 Å². The van der Waals surface area contributed by atoms with Gasteiger partial charge in [0.25, 0.3) is 0 Å². The quantitative estimate of drug-likeness (QED) is 0.770. The van der Waals surface area contributed by atoms with Gasteiger partial charge >= 0.3 is 0 Å². The maximum atomic E-state index is 13.8. The van der Waals surface area contributed by atoms with Crippen molar-refractivity contribution in [3.63, 3.8) is 0 Å². The minimum atomic E-state index is -0.129. The number of hydrogen-bond donors (Lipinski definition) is 1. The lowest BCUT2D eigenvalue weighted by Gasteiger charge is -2.35. The van der Waals surface area contributed by atoms with Crippen molar-refractivity contribution in [1.29, 1.82) is 0 Å². The first kappa shape index (κ1) is 17.0. The van der Waals surface area contributed by atoms with Crippen LogP contribution >= 0.6 is 0 Å². The van der Waals surface area contributed by atoms with Crippen LogP contribution in [0.2, 0.25) is 0 Å². The van der Waals surface area contributed by atoms with Crippen molar-refractivity contribution in [2.24, 2.45) is 0 Å². The van der Waals surface area contributed by atoms with E-state index in [1.165, 1.54) is 6.07 Å². The molecule has 1 saturated heterocycles. The molecule has 3 aromatic rings. The van der Waals surface area contributed by atoms with Crippen LogP contribution in [0.15, 0.2) is 60.7 Å². The third kappa shape index (κ3) is 3.57. The molecule has 1 heterocycles. The Balaban J connectivity index is 1.42. The maximum absolute atomic E-state index is 13.8. The molecule has 0 spiro atoms. The zero-order chi connectivity index (χ0) is 17.9. The molecule has 3 nitrogen and oxygen atoms in total. The highest BCUT2D eigenvalue weighted by molar-refractivity contribution is 5.87. The lowest BCUT2D eigenvalue weighted by atomic mass is 10.0. The number of halogens is 1. The van der Waals surface area contributed by atoms with Crippen LogP contribution in [0, 0.1) is 5.82 Å². The fourth-order valence-electron chi connectivity index (χ4n) is 3.69. The third-order valence-electron chi connectivity index (χ3n) is 5.21. The molecule has 134 valence electrons. The summed E-state index contributed by atoms with van der Waals surface area (Å²) in [6.45, 7) is 5.02. The van der Waals surface area contributed by atoms with E-state index in [0.29, 0.717) is 12.3 Å². The van der Waals surface area contributed by atoms with Gasteiger partial charge in [0.15, 0.2) is 0 Å². The molecular weight excluding hydrogens is 327 g/mol. The summed E-state index contributed by atoms with van der Waals surface area (Å²) in [6.07, 6.45) is 0. The first-order valence-corrected chi connectivity index (χ1v) is 9.08. The molecule has 1 fully saturated rings. The number of hydrogen-bond acceptors (Lipinski definition) is 3. The van der Waals surface area contributed by atoms with Crippen LogP contribution in [0.1, 0.15) is 11.1 Å². The van der Waals surface area contributed by atoms with Gasteiger partial charge in [-0.3, -0.25) is 9.80 Å². The molecule has 0 bridgehead atoms. The minimum absolute atomic E-state index is 0.129. The highest BCUT2D eigenvalue weighted by atomic mass is 19.1. The third-order valence-corrected chi connectivity index (χ3v) is 5.21. The molecule has 0 atom stereocenters. The molecule has 0 radical (unpaired) electrons. The Morgan fingerprint density at radius 3 is 2.19 bits per heavy atom. The fraction of sp³-hybridized carbons (Fsp3) is 0.273. The fourth-order valence-corrected chi connectivity index (χ4v) is 3.69. The summed E-state index contributed by atoms with van der Waals surface area (Å²) in [6, 6.07) is 18.9. The van der Waals surface area contributed by atoms with Gasteiger partial charge in [0.1, 0.15) is 11.6 Å². The predicted molar refractivity (Wildman–Crippen MR) is 103 cm³/mol. The number of phenolic OH excluding ortho intramolecular Hbond substituents is 1. The lowest BCUT2D eigenvalue weighted by molar-refractivity contribution is 0.120. The van der Waals surface area contributed by atoms with E-state index in [4.69, 9.17) is 0 Å². The second-order valence-corrected chi connectivity index (χ2v) is 6.93. The molecular formula is C22H23FN2O. The van der Waals surface area contributed by atoms with E-state index >= 15 is 0 Å². The van der Waals surface area contributed by atoms with Crippen molar-refractivity contribution in [3.05, 3.63) is 77.6 Å². The molecule has 0 unspecified atom stereocenters. The molecule has 26 heavy (non-hydrogen) atoms. The summed E-state index contributed by atoms with van der Waals surface area (Å²) in [5, 5.41) is 12.6. The number of benzene rings is 3. The summed E-state index contributed by atoms with van der Waals surface area (Å²) >= 11 is 0. The summed E-state index contributed by atoms with van der Waals surface area (Å²) in [5.41, 5.74) is 1.75. The number of nitrogens with zero attached hydrogens (tertiary/aromatic N) is 2. The van der Waals surface area contributed by atoms with E-state index in [1.54, 1.807) is 12.1 Å². The predicted octanol–water partition coefficient (Wildman–Crippen LogP) is 4.00. The first-order valence-electron chi connectivity index (χ1n) is 9.08. The topological polar surface area (TPSA) is 26.7 Å². The van der Waals surface area contributed by atoms with Gasteiger partial charge in [-0.1, -0.05) is 48.5 Å². The van der Waals surface area contributed by atoms with E-state index < -0.39 is 0 Å². The molecule has 1 aliphatic rings. The maximum Gasteiger partial charge on any atom is 0.127 e. The number of phenols is 1. The number of aromatic hydroxyl groups is 1. The summed E-state index contributed by atoms with van der Waals surface area (Å²) < 4.78 is 13.8. The van der Waals surface area contributed by atoms with Gasteiger partial charge in [-0.2, -0.15) is 0 Å². The Morgan fingerprint density at radius 2 is 1.42 bits per heavy atom. The molecule has 1 aliphatic heterocycles. The average molecular weight is 350 g/mol. The van der Waals surface area contributed by atoms with Crippen LogP contribution in [0.4, 0.5) is 4.39 Å². The van der Waals surface area contributed by atoms with Crippen LogP contribution in [-0.4, -0.2) is 41.1 Å². The largest absolute Gasteiger partial charge is 0.508 e. The first-order chi connectivity index (χ1) is 12.7. The minimum Gasteiger partial charge on any atom is -0.508 e. The molecule has 4 rings (SSSR count). The standard InChI is InChI=1S/C22H23FN2O/c23-21-8-4-2-6-18(21)15-24-11-13-25(14-12-24)16-20-19-7-3-1-5-17(19)9-10-22(20)26/h1-10,26H,11-16H2. The second-order valence-electron chi connectivity index (χ2n) is 6.93. The smallest absolute Gasteiger partial charge is 0.127 e. The van der Waals surface area contributed by atoms with Crippen molar-refractivity contribution >= 4 is 10.8 Å². The van der Waals surface area contributed by atoms with Crippen LogP contribution < -0.4 is 0 Å². The average Bonchev–Trinajstić information content (AvgIpc) is 2.67. The Labute approximate surface area is 153 Å².